The molecule has 0 heterocycles. The highest BCUT2D eigenvalue weighted by molar-refractivity contribution is 5.95. The highest BCUT2D eigenvalue weighted by atomic mass is 16.2. The molecule has 2 aromatic rings. The van der Waals surface area contributed by atoms with Gasteiger partial charge in [0.1, 0.15) is 0 Å². The van der Waals surface area contributed by atoms with Gasteiger partial charge < -0.3 is 10.6 Å². The summed E-state index contributed by atoms with van der Waals surface area (Å²) in [5, 5.41) is 5.62. The van der Waals surface area contributed by atoms with Gasteiger partial charge in [0.15, 0.2) is 0 Å². The smallest absolute Gasteiger partial charge is 0.251 e. The Labute approximate surface area is 149 Å². The van der Waals surface area contributed by atoms with E-state index in [4.69, 9.17) is 0 Å². The molecule has 0 aliphatic heterocycles. The van der Waals surface area contributed by atoms with Gasteiger partial charge in [-0.25, -0.2) is 0 Å². The van der Waals surface area contributed by atoms with Crippen LogP contribution >= 0.6 is 0 Å². The average molecular weight is 338 g/mol. The maximum Gasteiger partial charge on any atom is 0.251 e. The molecule has 0 saturated carbocycles. The number of hydrogen-bond donors (Lipinski definition) is 2. The van der Waals surface area contributed by atoms with Gasteiger partial charge >= 0.3 is 0 Å². The summed E-state index contributed by atoms with van der Waals surface area (Å²) in [6.45, 7) is 8.68. The molecule has 2 aromatic carbocycles. The van der Waals surface area contributed by atoms with Gasteiger partial charge in [-0.15, -0.1) is 0 Å². The molecule has 25 heavy (non-hydrogen) atoms. The van der Waals surface area contributed by atoms with Crippen molar-refractivity contribution >= 4 is 17.5 Å². The lowest BCUT2D eigenvalue weighted by Gasteiger charge is -2.19. The number of benzene rings is 2. The summed E-state index contributed by atoms with van der Waals surface area (Å²) in [5.41, 5.74) is 3.70. The maximum atomic E-state index is 12.1. The molecule has 2 amide bonds. The Hall–Kier alpha value is -2.62. The maximum absolute atomic E-state index is 12.1. The molecule has 0 saturated heterocycles. The van der Waals surface area contributed by atoms with Crippen molar-refractivity contribution in [2.24, 2.45) is 0 Å². The zero-order valence-corrected chi connectivity index (χ0v) is 15.3. The van der Waals surface area contributed by atoms with Gasteiger partial charge in [-0.1, -0.05) is 45.0 Å². The molecule has 0 spiro atoms. The van der Waals surface area contributed by atoms with Crippen molar-refractivity contribution in [3.63, 3.8) is 0 Å². The molecule has 0 bridgehead atoms. The summed E-state index contributed by atoms with van der Waals surface area (Å²) in [6.07, 6.45) is 0.236. The number of rotatable bonds is 5. The summed E-state index contributed by atoms with van der Waals surface area (Å²) in [6, 6.07) is 15.2. The van der Waals surface area contributed by atoms with Crippen LogP contribution in [-0.2, 0) is 10.2 Å². The Morgan fingerprint density at radius 2 is 1.68 bits per heavy atom. The molecule has 2 N–H and O–H groups in total. The largest absolute Gasteiger partial charge is 0.352 e. The number of amides is 2. The van der Waals surface area contributed by atoms with Crippen LogP contribution in [0.2, 0.25) is 0 Å². The van der Waals surface area contributed by atoms with Crippen molar-refractivity contribution < 1.29 is 9.59 Å². The van der Waals surface area contributed by atoms with E-state index in [9.17, 15) is 9.59 Å². The first-order chi connectivity index (χ1) is 11.8. The third-order valence-corrected chi connectivity index (χ3v) is 3.95. The van der Waals surface area contributed by atoms with Crippen LogP contribution in [0.5, 0.6) is 0 Å². The summed E-state index contributed by atoms with van der Waals surface area (Å²) in [5.74, 6) is -0.280. The molecule has 132 valence electrons. The third kappa shape index (κ3) is 5.75. The minimum absolute atomic E-state index is 0.0584. The van der Waals surface area contributed by atoms with Crippen molar-refractivity contribution in [3.8, 4) is 0 Å². The van der Waals surface area contributed by atoms with Crippen LogP contribution < -0.4 is 10.6 Å². The van der Waals surface area contributed by atoms with Crippen LogP contribution in [0.15, 0.2) is 48.5 Å². The fourth-order valence-corrected chi connectivity index (χ4v) is 2.46. The van der Waals surface area contributed by atoms with E-state index in [1.54, 1.807) is 0 Å². The van der Waals surface area contributed by atoms with E-state index in [2.05, 4.69) is 31.4 Å². The van der Waals surface area contributed by atoms with Gasteiger partial charge in [0, 0.05) is 24.2 Å². The zero-order valence-electron chi connectivity index (χ0n) is 15.3. The van der Waals surface area contributed by atoms with E-state index in [1.165, 1.54) is 5.56 Å². The second-order valence-corrected chi connectivity index (χ2v) is 7.25. The van der Waals surface area contributed by atoms with E-state index >= 15 is 0 Å². The normalized spacial score (nSPS) is 11.0. The molecule has 4 heteroatoms. The molecule has 0 aromatic heterocycles. The third-order valence-electron chi connectivity index (χ3n) is 3.95. The zero-order chi connectivity index (χ0) is 18.4. The molecule has 0 radical (unpaired) electrons. The van der Waals surface area contributed by atoms with Crippen molar-refractivity contribution in [2.75, 3.05) is 11.9 Å². The lowest BCUT2D eigenvalue weighted by Crippen LogP contribution is -2.27. The Morgan fingerprint density at radius 1 is 1.00 bits per heavy atom. The Balaban J connectivity index is 1.81. The molecule has 0 aliphatic rings. The minimum atomic E-state index is -0.163. The Morgan fingerprint density at radius 3 is 2.28 bits per heavy atom. The number of carbonyl (C=O) groups excluding carboxylic acids is 2. The second kappa shape index (κ2) is 7.97. The van der Waals surface area contributed by atoms with Gasteiger partial charge in [0.25, 0.3) is 5.91 Å². The van der Waals surface area contributed by atoms with Gasteiger partial charge in [-0.3, -0.25) is 9.59 Å². The molecule has 0 unspecified atom stereocenters. The van der Waals surface area contributed by atoms with Crippen LogP contribution in [0.1, 0.15) is 48.7 Å². The number of aryl methyl sites for hydroxylation is 1. The van der Waals surface area contributed by atoms with Crippen LogP contribution in [0, 0.1) is 6.92 Å². The molecule has 0 aliphatic carbocycles. The first-order valence-electron chi connectivity index (χ1n) is 8.51. The molecule has 0 atom stereocenters. The predicted molar refractivity (Wildman–Crippen MR) is 102 cm³/mol. The number of hydrogen-bond acceptors (Lipinski definition) is 2. The average Bonchev–Trinajstić information content (AvgIpc) is 2.54. The first kappa shape index (κ1) is 18.7. The predicted octanol–water partition coefficient (Wildman–Crippen LogP) is 4.05. The Kier molecular flexibility index (Phi) is 5.97. The van der Waals surface area contributed by atoms with Gasteiger partial charge in [0.05, 0.1) is 0 Å². The quantitative estimate of drug-likeness (QED) is 0.864. The summed E-state index contributed by atoms with van der Waals surface area (Å²) < 4.78 is 0. The number of carbonyl (C=O) groups is 2. The lowest BCUT2D eigenvalue weighted by atomic mass is 9.87. The van der Waals surface area contributed by atoms with E-state index in [0.717, 1.165) is 11.3 Å². The van der Waals surface area contributed by atoms with Crippen LogP contribution in [0.4, 0.5) is 5.69 Å². The standard InChI is InChI=1S/C21H26N2O2/c1-15-6-5-7-18(14-15)23-19(24)12-13-22-20(25)16-8-10-17(11-9-16)21(2,3)4/h5-11,14H,12-13H2,1-4H3,(H,22,25)(H,23,24). The van der Waals surface area contributed by atoms with E-state index in [0.29, 0.717) is 12.1 Å². The monoisotopic (exact) mass is 338 g/mol. The van der Waals surface area contributed by atoms with Crippen molar-refractivity contribution in [2.45, 2.75) is 39.5 Å². The van der Waals surface area contributed by atoms with Crippen LogP contribution in [-0.4, -0.2) is 18.4 Å². The van der Waals surface area contributed by atoms with Crippen molar-refractivity contribution in [1.82, 2.24) is 5.32 Å². The topological polar surface area (TPSA) is 58.2 Å². The van der Waals surface area contributed by atoms with E-state index in [-0.39, 0.29) is 23.7 Å². The van der Waals surface area contributed by atoms with Crippen LogP contribution in [0.25, 0.3) is 0 Å². The number of anilines is 1. The summed E-state index contributed by atoms with van der Waals surface area (Å²) in [4.78, 5) is 24.1. The number of nitrogens with one attached hydrogen (secondary N) is 2. The van der Waals surface area contributed by atoms with E-state index in [1.807, 2.05) is 55.5 Å². The first-order valence-corrected chi connectivity index (χ1v) is 8.51. The fourth-order valence-electron chi connectivity index (χ4n) is 2.46. The molecule has 4 nitrogen and oxygen atoms in total. The molecule has 2 rings (SSSR count). The Bertz CT molecular complexity index is 743. The van der Waals surface area contributed by atoms with Crippen molar-refractivity contribution in [1.29, 1.82) is 0 Å². The van der Waals surface area contributed by atoms with Gasteiger partial charge in [0.2, 0.25) is 5.91 Å². The SMILES string of the molecule is Cc1cccc(NC(=O)CCNC(=O)c2ccc(C(C)(C)C)cc2)c1. The highest BCUT2D eigenvalue weighted by Gasteiger charge is 2.14. The summed E-state index contributed by atoms with van der Waals surface area (Å²) >= 11 is 0. The van der Waals surface area contributed by atoms with Crippen LogP contribution in [0.3, 0.4) is 0 Å². The fraction of sp³-hybridized carbons (Fsp3) is 0.333. The summed E-state index contributed by atoms with van der Waals surface area (Å²) in [7, 11) is 0. The second-order valence-electron chi connectivity index (χ2n) is 7.25. The van der Waals surface area contributed by atoms with Gasteiger partial charge in [-0.2, -0.15) is 0 Å². The molecular formula is C21H26N2O2. The highest BCUT2D eigenvalue weighted by Crippen LogP contribution is 2.22. The van der Waals surface area contributed by atoms with Crippen molar-refractivity contribution in [3.05, 3.63) is 65.2 Å². The lowest BCUT2D eigenvalue weighted by molar-refractivity contribution is -0.116. The molecule has 0 fully saturated rings. The van der Waals surface area contributed by atoms with E-state index < -0.39 is 0 Å². The van der Waals surface area contributed by atoms with Gasteiger partial charge in [-0.05, 0) is 47.7 Å². The minimum Gasteiger partial charge on any atom is -0.352 e. The molecular weight excluding hydrogens is 312 g/mol.